The van der Waals surface area contributed by atoms with Gasteiger partial charge in [-0.25, -0.2) is 4.79 Å². The molecule has 1 aromatic rings. The molecular weight excluding hydrogens is 182 g/mol. The van der Waals surface area contributed by atoms with E-state index < -0.39 is 11.5 Å². The van der Waals surface area contributed by atoms with Crippen LogP contribution in [0.25, 0.3) is 0 Å². The first-order valence-electron chi connectivity index (χ1n) is 4.32. The molecule has 1 aliphatic rings. The van der Waals surface area contributed by atoms with E-state index in [-0.39, 0.29) is 5.56 Å². The van der Waals surface area contributed by atoms with Gasteiger partial charge in [-0.3, -0.25) is 0 Å². The maximum atomic E-state index is 10.7. The van der Waals surface area contributed by atoms with Crippen LogP contribution in [0.2, 0.25) is 0 Å². The fraction of sp³-hybridized carbons (Fsp3) is 0.300. The molecule has 1 saturated heterocycles. The van der Waals surface area contributed by atoms with Crippen molar-refractivity contribution in [2.75, 3.05) is 13.2 Å². The number of nitrogens with two attached hydrogens (primary N) is 1. The maximum Gasteiger partial charge on any atom is 0.335 e. The van der Waals surface area contributed by atoms with E-state index in [9.17, 15) is 4.79 Å². The van der Waals surface area contributed by atoms with Crippen LogP contribution in [0.1, 0.15) is 15.9 Å². The largest absolute Gasteiger partial charge is 0.478 e. The highest BCUT2D eigenvalue weighted by atomic mass is 16.5. The smallest absolute Gasteiger partial charge is 0.335 e. The topological polar surface area (TPSA) is 72.6 Å². The van der Waals surface area contributed by atoms with Gasteiger partial charge in [0, 0.05) is 0 Å². The number of hydrogen-bond donors (Lipinski definition) is 2. The molecule has 2 rings (SSSR count). The van der Waals surface area contributed by atoms with Gasteiger partial charge in [-0.15, -0.1) is 0 Å². The molecule has 0 atom stereocenters. The van der Waals surface area contributed by atoms with Gasteiger partial charge in [0.1, 0.15) is 0 Å². The van der Waals surface area contributed by atoms with Crippen molar-refractivity contribution in [3.05, 3.63) is 35.4 Å². The van der Waals surface area contributed by atoms with Crippen LogP contribution in [0.3, 0.4) is 0 Å². The molecule has 0 bridgehead atoms. The second-order valence-corrected chi connectivity index (χ2v) is 3.53. The fourth-order valence-electron chi connectivity index (χ4n) is 1.45. The minimum atomic E-state index is -0.935. The second-order valence-electron chi connectivity index (χ2n) is 3.53. The molecule has 1 aromatic carbocycles. The van der Waals surface area contributed by atoms with Crippen molar-refractivity contribution < 1.29 is 14.6 Å². The molecule has 14 heavy (non-hydrogen) atoms. The first-order valence-corrected chi connectivity index (χ1v) is 4.32. The Morgan fingerprint density at radius 1 is 1.50 bits per heavy atom. The van der Waals surface area contributed by atoms with Gasteiger partial charge < -0.3 is 15.6 Å². The first kappa shape index (κ1) is 9.18. The average molecular weight is 193 g/mol. The summed E-state index contributed by atoms with van der Waals surface area (Å²) in [6, 6.07) is 6.68. The van der Waals surface area contributed by atoms with E-state index >= 15 is 0 Å². The lowest BCUT2D eigenvalue weighted by Gasteiger charge is -2.38. The van der Waals surface area contributed by atoms with Gasteiger partial charge in [0.2, 0.25) is 0 Å². The number of ether oxygens (including phenoxy) is 1. The SMILES string of the molecule is NC1(c2cccc(C(=O)O)c2)COC1. The lowest BCUT2D eigenvalue weighted by atomic mass is 9.88. The van der Waals surface area contributed by atoms with Crippen molar-refractivity contribution in [3.8, 4) is 0 Å². The Bertz CT molecular complexity index is 371. The molecular formula is C10H11NO3. The van der Waals surface area contributed by atoms with Gasteiger partial charge in [-0.05, 0) is 17.7 Å². The summed E-state index contributed by atoms with van der Waals surface area (Å²) in [4.78, 5) is 10.7. The summed E-state index contributed by atoms with van der Waals surface area (Å²) in [6.07, 6.45) is 0. The highest BCUT2D eigenvalue weighted by Crippen LogP contribution is 2.26. The highest BCUT2D eigenvalue weighted by molar-refractivity contribution is 5.87. The molecule has 1 aliphatic heterocycles. The van der Waals surface area contributed by atoms with Crippen LogP contribution in [-0.2, 0) is 10.3 Å². The van der Waals surface area contributed by atoms with Crippen molar-refractivity contribution in [1.82, 2.24) is 0 Å². The molecule has 0 spiro atoms. The van der Waals surface area contributed by atoms with E-state index in [0.717, 1.165) is 5.56 Å². The van der Waals surface area contributed by atoms with Crippen LogP contribution in [-0.4, -0.2) is 24.3 Å². The number of carboxylic acids is 1. The predicted octanol–water partition coefficient (Wildman–Crippen LogP) is 0.569. The van der Waals surface area contributed by atoms with E-state index in [0.29, 0.717) is 13.2 Å². The number of benzene rings is 1. The summed E-state index contributed by atoms with van der Waals surface area (Å²) in [7, 11) is 0. The molecule has 0 saturated carbocycles. The quantitative estimate of drug-likeness (QED) is 0.720. The fourth-order valence-corrected chi connectivity index (χ4v) is 1.45. The molecule has 0 aromatic heterocycles. The van der Waals surface area contributed by atoms with Crippen LogP contribution in [0.4, 0.5) is 0 Å². The van der Waals surface area contributed by atoms with Crippen LogP contribution < -0.4 is 5.73 Å². The molecule has 0 aliphatic carbocycles. The van der Waals surface area contributed by atoms with Crippen molar-refractivity contribution in [2.24, 2.45) is 5.73 Å². The van der Waals surface area contributed by atoms with Gasteiger partial charge in [0.15, 0.2) is 0 Å². The maximum absolute atomic E-state index is 10.7. The lowest BCUT2D eigenvalue weighted by molar-refractivity contribution is -0.0569. The third-order valence-corrected chi connectivity index (χ3v) is 2.40. The molecule has 74 valence electrons. The van der Waals surface area contributed by atoms with Gasteiger partial charge in [-0.1, -0.05) is 12.1 Å². The monoisotopic (exact) mass is 193 g/mol. The third kappa shape index (κ3) is 1.38. The van der Waals surface area contributed by atoms with Gasteiger partial charge in [0.05, 0.1) is 24.3 Å². The summed E-state index contributed by atoms with van der Waals surface area (Å²) in [6.45, 7) is 0.909. The molecule has 4 nitrogen and oxygen atoms in total. The minimum absolute atomic E-state index is 0.263. The number of aromatic carboxylic acids is 1. The molecule has 1 heterocycles. The second kappa shape index (κ2) is 3.08. The van der Waals surface area contributed by atoms with Crippen molar-refractivity contribution in [2.45, 2.75) is 5.54 Å². The van der Waals surface area contributed by atoms with Crippen LogP contribution in [0, 0.1) is 0 Å². The number of hydrogen-bond acceptors (Lipinski definition) is 3. The zero-order valence-corrected chi connectivity index (χ0v) is 7.56. The normalized spacial score (nSPS) is 18.6. The summed E-state index contributed by atoms with van der Waals surface area (Å²) >= 11 is 0. The highest BCUT2D eigenvalue weighted by Gasteiger charge is 2.36. The van der Waals surface area contributed by atoms with Gasteiger partial charge in [-0.2, -0.15) is 0 Å². The minimum Gasteiger partial charge on any atom is -0.478 e. The average Bonchev–Trinajstić information content (AvgIpc) is 2.14. The van der Waals surface area contributed by atoms with E-state index in [1.165, 1.54) is 0 Å². The zero-order valence-electron chi connectivity index (χ0n) is 7.56. The molecule has 1 fully saturated rings. The van der Waals surface area contributed by atoms with Crippen molar-refractivity contribution >= 4 is 5.97 Å². The summed E-state index contributed by atoms with van der Waals surface area (Å²) in [5, 5.41) is 8.79. The number of carbonyl (C=O) groups is 1. The molecule has 0 unspecified atom stereocenters. The Balaban J connectivity index is 2.35. The Morgan fingerprint density at radius 3 is 2.71 bits per heavy atom. The lowest BCUT2D eigenvalue weighted by Crippen LogP contribution is -2.54. The number of rotatable bonds is 2. The van der Waals surface area contributed by atoms with E-state index in [2.05, 4.69) is 0 Å². The third-order valence-electron chi connectivity index (χ3n) is 2.40. The van der Waals surface area contributed by atoms with E-state index in [4.69, 9.17) is 15.6 Å². The van der Waals surface area contributed by atoms with Crippen LogP contribution in [0.5, 0.6) is 0 Å². The van der Waals surface area contributed by atoms with E-state index in [1.807, 2.05) is 6.07 Å². The first-order chi connectivity index (χ1) is 6.62. The van der Waals surface area contributed by atoms with Crippen LogP contribution >= 0.6 is 0 Å². The van der Waals surface area contributed by atoms with Crippen LogP contribution in [0.15, 0.2) is 24.3 Å². The Kier molecular flexibility index (Phi) is 2.02. The van der Waals surface area contributed by atoms with Gasteiger partial charge in [0.25, 0.3) is 0 Å². The number of carboxylic acid groups (broad SMARTS) is 1. The molecule has 3 N–H and O–H groups in total. The predicted molar refractivity (Wildman–Crippen MR) is 50.1 cm³/mol. The summed E-state index contributed by atoms with van der Waals surface area (Å²) < 4.78 is 5.02. The van der Waals surface area contributed by atoms with Crippen molar-refractivity contribution in [1.29, 1.82) is 0 Å². The summed E-state index contributed by atoms with van der Waals surface area (Å²) in [5.74, 6) is -0.935. The Morgan fingerprint density at radius 2 is 2.21 bits per heavy atom. The molecule has 0 radical (unpaired) electrons. The van der Waals surface area contributed by atoms with Gasteiger partial charge >= 0.3 is 5.97 Å². The molecule has 4 heteroatoms. The Labute approximate surface area is 81.3 Å². The standard InChI is InChI=1S/C10H11NO3/c11-10(5-14-6-10)8-3-1-2-7(4-8)9(12)13/h1-4H,5-6,11H2,(H,12,13). The molecule has 0 amide bonds. The zero-order chi connectivity index (χ0) is 10.2. The summed E-state index contributed by atoms with van der Waals surface area (Å²) in [5.41, 5.74) is 6.57. The van der Waals surface area contributed by atoms with Crippen molar-refractivity contribution in [3.63, 3.8) is 0 Å². The Hall–Kier alpha value is -1.39. The van der Waals surface area contributed by atoms with E-state index in [1.54, 1.807) is 18.2 Å².